The number of likely N-dealkylation sites (N-methyl/N-ethyl adjacent to an activating group) is 1. The first-order valence-corrected chi connectivity index (χ1v) is 3.32. The van der Waals surface area contributed by atoms with E-state index in [1.807, 2.05) is 7.05 Å². The minimum atomic E-state index is -0.189. The molecule has 2 atom stereocenters. The van der Waals surface area contributed by atoms with E-state index in [2.05, 4.69) is 17.1 Å². The fourth-order valence-electron chi connectivity index (χ4n) is 1.02. The van der Waals surface area contributed by atoms with Gasteiger partial charge in [0, 0.05) is 13.1 Å². The van der Waals surface area contributed by atoms with Gasteiger partial charge >= 0.3 is 0 Å². The van der Waals surface area contributed by atoms with E-state index in [4.69, 9.17) is 5.11 Å². The summed E-state index contributed by atoms with van der Waals surface area (Å²) in [6, 6.07) is 0. The van der Waals surface area contributed by atoms with Crippen LogP contribution in [0.5, 0.6) is 0 Å². The van der Waals surface area contributed by atoms with E-state index in [0.717, 1.165) is 13.1 Å². The van der Waals surface area contributed by atoms with Crippen LogP contribution in [-0.4, -0.2) is 42.4 Å². The van der Waals surface area contributed by atoms with Crippen LogP contribution >= 0.6 is 0 Å². The Morgan fingerprint density at radius 1 is 1.67 bits per heavy atom. The fourth-order valence-corrected chi connectivity index (χ4v) is 1.02. The van der Waals surface area contributed by atoms with Crippen LogP contribution in [0.2, 0.25) is 0 Å². The molecule has 0 bridgehead atoms. The molecule has 0 aromatic heterocycles. The maximum Gasteiger partial charge on any atom is 0.0792 e. The van der Waals surface area contributed by atoms with Gasteiger partial charge in [0.1, 0.15) is 0 Å². The predicted molar refractivity (Wildman–Crippen MR) is 36.1 cm³/mol. The van der Waals surface area contributed by atoms with Crippen molar-refractivity contribution in [2.45, 2.75) is 19.2 Å². The lowest BCUT2D eigenvalue weighted by molar-refractivity contribution is 0.0538. The van der Waals surface area contributed by atoms with Crippen LogP contribution in [0.15, 0.2) is 0 Å². The summed E-state index contributed by atoms with van der Waals surface area (Å²) < 4.78 is 0. The highest BCUT2D eigenvalue weighted by atomic mass is 16.3. The van der Waals surface area contributed by atoms with E-state index in [0.29, 0.717) is 6.17 Å². The number of aliphatic hydroxyl groups is 1. The van der Waals surface area contributed by atoms with Gasteiger partial charge in [-0.15, -0.1) is 0 Å². The molecule has 1 fully saturated rings. The number of nitrogens with one attached hydrogen (secondary N) is 1. The molecule has 1 heterocycles. The number of nitrogens with zero attached hydrogens (tertiary/aromatic N) is 1. The van der Waals surface area contributed by atoms with Crippen LogP contribution < -0.4 is 5.32 Å². The second kappa shape index (κ2) is 2.64. The van der Waals surface area contributed by atoms with Crippen LogP contribution in [-0.2, 0) is 0 Å². The van der Waals surface area contributed by atoms with Gasteiger partial charge in [0.25, 0.3) is 0 Å². The summed E-state index contributed by atoms with van der Waals surface area (Å²) in [4.78, 5) is 2.09. The normalized spacial score (nSPS) is 39.0. The molecule has 0 aromatic rings. The third kappa shape index (κ3) is 1.64. The first kappa shape index (κ1) is 6.99. The van der Waals surface area contributed by atoms with Crippen molar-refractivity contribution in [2.75, 3.05) is 20.1 Å². The first-order chi connectivity index (χ1) is 4.20. The molecule has 0 amide bonds. The number of aliphatic hydroxyl groups excluding tert-OH is 1. The van der Waals surface area contributed by atoms with Crippen molar-refractivity contribution >= 4 is 0 Å². The summed E-state index contributed by atoms with van der Waals surface area (Å²) in [6.07, 6.45) is 0.222. The summed E-state index contributed by atoms with van der Waals surface area (Å²) in [6.45, 7) is 3.60. The van der Waals surface area contributed by atoms with Crippen molar-refractivity contribution < 1.29 is 5.11 Å². The minimum absolute atomic E-state index is 0.189. The fraction of sp³-hybridized carbons (Fsp3) is 1.00. The lowest BCUT2D eigenvalue weighted by atomic mass is 10.2. The molecule has 54 valence electrons. The Labute approximate surface area is 55.7 Å². The molecule has 0 spiro atoms. The Balaban J connectivity index is 2.35. The SMILES string of the molecule is CC1NCC(O)CN1C. The topological polar surface area (TPSA) is 35.5 Å². The number of hydrogen-bond acceptors (Lipinski definition) is 3. The highest BCUT2D eigenvalue weighted by Gasteiger charge is 2.18. The lowest BCUT2D eigenvalue weighted by Crippen LogP contribution is -2.53. The third-order valence-corrected chi connectivity index (χ3v) is 1.81. The lowest BCUT2D eigenvalue weighted by Gasteiger charge is -2.33. The van der Waals surface area contributed by atoms with Gasteiger partial charge in [0.05, 0.1) is 12.3 Å². The van der Waals surface area contributed by atoms with Crippen LogP contribution in [0.25, 0.3) is 0 Å². The van der Waals surface area contributed by atoms with Gasteiger partial charge < -0.3 is 5.11 Å². The molecule has 9 heavy (non-hydrogen) atoms. The van der Waals surface area contributed by atoms with Crippen LogP contribution in [0.1, 0.15) is 6.92 Å². The molecule has 3 heteroatoms. The zero-order valence-electron chi connectivity index (χ0n) is 5.96. The molecular formula is C6H14N2O. The van der Waals surface area contributed by atoms with Gasteiger partial charge in [-0.3, -0.25) is 10.2 Å². The molecule has 0 saturated carbocycles. The summed E-state index contributed by atoms with van der Waals surface area (Å²) in [5.74, 6) is 0. The molecule has 0 radical (unpaired) electrons. The monoisotopic (exact) mass is 130 g/mol. The van der Waals surface area contributed by atoms with Gasteiger partial charge in [-0.05, 0) is 14.0 Å². The molecule has 2 unspecified atom stereocenters. The summed E-state index contributed by atoms with van der Waals surface area (Å²) in [7, 11) is 2.00. The van der Waals surface area contributed by atoms with E-state index >= 15 is 0 Å². The van der Waals surface area contributed by atoms with Crippen LogP contribution in [0.4, 0.5) is 0 Å². The van der Waals surface area contributed by atoms with E-state index < -0.39 is 0 Å². The third-order valence-electron chi connectivity index (χ3n) is 1.81. The standard InChI is InChI=1S/C6H14N2O/c1-5-7-3-6(9)4-8(5)2/h5-7,9H,3-4H2,1-2H3. The number of rotatable bonds is 0. The van der Waals surface area contributed by atoms with E-state index in [-0.39, 0.29) is 6.10 Å². The minimum Gasteiger partial charge on any atom is -0.390 e. The Kier molecular flexibility index (Phi) is 2.05. The van der Waals surface area contributed by atoms with Crippen molar-refractivity contribution in [3.63, 3.8) is 0 Å². The van der Waals surface area contributed by atoms with E-state index in [9.17, 15) is 0 Å². The predicted octanol–water partition coefficient (Wildman–Crippen LogP) is -0.772. The highest BCUT2D eigenvalue weighted by Crippen LogP contribution is 1.99. The van der Waals surface area contributed by atoms with Gasteiger partial charge in [0.2, 0.25) is 0 Å². The maximum absolute atomic E-state index is 9.09. The van der Waals surface area contributed by atoms with Gasteiger partial charge in [-0.1, -0.05) is 0 Å². The van der Waals surface area contributed by atoms with Crippen molar-refractivity contribution in [1.29, 1.82) is 0 Å². The molecule has 1 saturated heterocycles. The van der Waals surface area contributed by atoms with Crippen LogP contribution in [0.3, 0.4) is 0 Å². The molecular weight excluding hydrogens is 116 g/mol. The Morgan fingerprint density at radius 2 is 2.33 bits per heavy atom. The largest absolute Gasteiger partial charge is 0.390 e. The maximum atomic E-state index is 9.09. The van der Waals surface area contributed by atoms with Gasteiger partial charge in [0.15, 0.2) is 0 Å². The number of hydrogen-bond donors (Lipinski definition) is 2. The van der Waals surface area contributed by atoms with Crippen molar-refractivity contribution in [3.8, 4) is 0 Å². The first-order valence-electron chi connectivity index (χ1n) is 3.32. The molecule has 1 aliphatic rings. The Hall–Kier alpha value is -0.120. The number of β-amino-alcohol motifs (C(OH)–C–C–N with tert-alkyl or cyclic N) is 1. The molecule has 1 aliphatic heterocycles. The van der Waals surface area contributed by atoms with Crippen molar-refractivity contribution in [3.05, 3.63) is 0 Å². The summed E-state index contributed by atoms with van der Waals surface area (Å²) in [5, 5.41) is 12.3. The quantitative estimate of drug-likeness (QED) is 0.452. The van der Waals surface area contributed by atoms with Crippen molar-refractivity contribution in [1.82, 2.24) is 10.2 Å². The zero-order valence-corrected chi connectivity index (χ0v) is 5.96. The molecule has 2 N–H and O–H groups in total. The zero-order chi connectivity index (χ0) is 6.85. The Bertz CT molecular complexity index is 97.1. The van der Waals surface area contributed by atoms with E-state index in [1.54, 1.807) is 0 Å². The smallest absolute Gasteiger partial charge is 0.0792 e. The average Bonchev–Trinajstić information content (AvgIpc) is 1.80. The second-order valence-electron chi connectivity index (χ2n) is 2.68. The van der Waals surface area contributed by atoms with Crippen LogP contribution in [0, 0.1) is 0 Å². The molecule has 1 rings (SSSR count). The van der Waals surface area contributed by atoms with E-state index in [1.165, 1.54) is 0 Å². The summed E-state index contributed by atoms with van der Waals surface area (Å²) >= 11 is 0. The molecule has 0 aliphatic carbocycles. The average molecular weight is 130 g/mol. The highest BCUT2D eigenvalue weighted by molar-refractivity contribution is 4.74. The van der Waals surface area contributed by atoms with Gasteiger partial charge in [-0.25, -0.2) is 0 Å². The second-order valence-corrected chi connectivity index (χ2v) is 2.68. The molecule has 3 nitrogen and oxygen atoms in total. The molecule has 0 aromatic carbocycles. The van der Waals surface area contributed by atoms with Gasteiger partial charge in [-0.2, -0.15) is 0 Å². The summed E-state index contributed by atoms with van der Waals surface area (Å²) in [5.41, 5.74) is 0. The Morgan fingerprint density at radius 3 is 2.78 bits per heavy atom. The van der Waals surface area contributed by atoms with Crippen molar-refractivity contribution in [2.24, 2.45) is 0 Å².